The summed E-state index contributed by atoms with van der Waals surface area (Å²) < 4.78 is 31.6. The lowest BCUT2D eigenvalue weighted by Gasteiger charge is -2.20. The highest BCUT2D eigenvalue weighted by molar-refractivity contribution is 7.92. The van der Waals surface area contributed by atoms with Crippen LogP contribution in [0.2, 0.25) is 0 Å². The van der Waals surface area contributed by atoms with Crippen molar-refractivity contribution in [2.24, 2.45) is 0 Å². The van der Waals surface area contributed by atoms with Crippen molar-refractivity contribution in [3.63, 3.8) is 0 Å². The molecule has 150 valence electrons. The Morgan fingerprint density at radius 2 is 1.89 bits per heavy atom. The number of fused-ring (bicyclic) bond motifs is 1. The quantitative estimate of drug-likeness (QED) is 0.847. The lowest BCUT2D eigenvalue weighted by atomic mass is 9.98. The Labute approximate surface area is 166 Å². The lowest BCUT2D eigenvalue weighted by molar-refractivity contribution is -0.122. The van der Waals surface area contributed by atoms with E-state index in [4.69, 9.17) is 4.74 Å². The SMILES string of the molecule is Cc1cccc(C(C)C)c1NC(=O)[C@@H]1CCN(S(C)(=O)=O)c2ccccc2O1. The van der Waals surface area contributed by atoms with E-state index in [1.165, 1.54) is 4.31 Å². The van der Waals surface area contributed by atoms with Crippen molar-refractivity contribution in [1.29, 1.82) is 0 Å². The maximum absolute atomic E-state index is 13.0. The summed E-state index contributed by atoms with van der Waals surface area (Å²) in [6, 6.07) is 12.8. The van der Waals surface area contributed by atoms with Gasteiger partial charge in [0.25, 0.3) is 5.91 Å². The van der Waals surface area contributed by atoms with Crippen LogP contribution in [0.25, 0.3) is 0 Å². The zero-order valence-corrected chi connectivity index (χ0v) is 17.4. The number of para-hydroxylation sites is 3. The van der Waals surface area contributed by atoms with Crippen molar-refractivity contribution < 1.29 is 17.9 Å². The molecular formula is C21H26N2O4S. The van der Waals surface area contributed by atoms with Crippen LogP contribution in [0.4, 0.5) is 11.4 Å². The minimum Gasteiger partial charge on any atom is -0.478 e. The first kappa shape index (κ1) is 20.2. The molecule has 0 radical (unpaired) electrons. The van der Waals surface area contributed by atoms with Gasteiger partial charge in [0, 0.05) is 18.7 Å². The average Bonchev–Trinajstić information content (AvgIpc) is 2.82. The van der Waals surface area contributed by atoms with E-state index >= 15 is 0 Å². The Bertz CT molecular complexity index is 986. The molecule has 0 aromatic heterocycles. The Hall–Kier alpha value is -2.54. The number of carbonyl (C=O) groups is 1. The molecule has 1 amide bonds. The Morgan fingerprint density at radius 1 is 1.18 bits per heavy atom. The summed E-state index contributed by atoms with van der Waals surface area (Å²) in [7, 11) is -3.47. The molecular weight excluding hydrogens is 376 g/mol. The van der Waals surface area contributed by atoms with Crippen LogP contribution in [0.15, 0.2) is 42.5 Å². The molecule has 1 N–H and O–H groups in total. The summed E-state index contributed by atoms with van der Waals surface area (Å²) in [5.41, 5.74) is 3.29. The van der Waals surface area contributed by atoms with Gasteiger partial charge in [0.2, 0.25) is 10.0 Å². The molecule has 2 aromatic carbocycles. The second-order valence-electron chi connectivity index (χ2n) is 7.38. The number of hydrogen-bond donors (Lipinski definition) is 1. The fourth-order valence-electron chi connectivity index (χ4n) is 3.41. The van der Waals surface area contributed by atoms with Gasteiger partial charge in [-0.2, -0.15) is 0 Å². The molecule has 2 aromatic rings. The summed E-state index contributed by atoms with van der Waals surface area (Å²) in [6.45, 7) is 6.29. The van der Waals surface area contributed by atoms with Gasteiger partial charge in [-0.1, -0.05) is 44.2 Å². The predicted molar refractivity (Wildman–Crippen MR) is 112 cm³/mol. The minimum atomic E-state index is -3.47. The predicted octanol–water partition coefficient (Wildman–Crippen LogP) is 3.67. The van der Waals surface area contributed by atoms with Gasteiger partial charge in [-0.05, 0) is 36.1 Å². The molecule has 0 saturated heterocycles. The van der Waals surface area contributed by atoms with Gasteiger partial charge >= 0.3 is 0 Å². The molecule has 6 nitrogen and oxygen atoms in total. The Kier molecular flexibility index (Phi) is 5.65. The molecule has 28 heavy (non-hydrogen) atoms. The van der Waals surface area contributed by atoms with Gasteiger partial charge in [0.05, 0.1) is 11.9 Å². The number of sulfonamides is 1. The van der Waals surface area contributed by atoms with Gasteiger partial charge in [-0.3, -0.25) is 9.10 Å². The van der Waals surface area contributed by atoms with E-state index in [2.05, 4.69) is 19.2 Å². The van der Waals surface area contributed by atoms with Crippen molar-refractivity contribution in [2.75, 3.05) is 22.4 Å². The van der Waals surface area contributed by atoms with E-state index in [-0.39, 0.29) is 24.8 Å². The number of ether oxygens (including phenoxy) is 1. The van der Waals surface area contributed by atoms with Crippen LogP contribution in [0.3, 0.4) is 0 Å². The van der Waals surface area contributed by atoms with Gasteiger partial charge < -0.3 is 10.1 Å². The minimum absolute atomic E-state index is 0.179. The summed E-state index contributed by atoms with van der Waals surface area (Å²) in [5.74, 6) is 0.368. The first-order chi connectivity index (χ1) is 13.2. The Morgan fingerprint density at radius 3 is 2.57 bits per heavy atom. The zero-order chi connectivity index (χ0) is 20.5. The number of nitrogens with one attached hydrogen (secondary N) is 1. The second-order valence-corrected chi connectivity index (χ2v) is 9.29. The van der Waals surface area contributed by atoms with Crippen molar-refractivity contribution in [2.45, 2.75) is 39.2 Å². The van der Waals surface area contributed by atoms with Crippen LogP contribution in [0.5, 0.6) is 5.75 Å². The number of benzene rings is 2. The highest BCUT2D eigenvalue weighted by Gasteiger charge is 2.31. The summed E-state index contributed by atoms with van der Waals surface area (Å²) in [6.07, 6.45) is 0.635. The van der Waals surface area contributed by atoms with Crippen LogP contribution in [-0.2, 0) is 14.8 Å². The lowest BCUT2D eigenvalue weighted by Crippen LogP contribution is -2.36. The molecule has 1 aliphatic rings. The maximum Gasteiger partial charge on any atom is 0.265 e. The number of anilines is 2. The highest BCUT2D eigenvalue weighted by Crippen LogP contribution is 2.34. The maximum atomic E-state index is 13.0. The van der Waals surface area contributed by atoms with E-state index in [1.54, 1.807) is 24.3 Å². The molecule has 1 atom stereocenters. The van der Waals surface area contributed by atoms with Crippen molar-refractivity contribution in [3.05, 3.63) is 53.6 Å². The monoisotopic (exact) mass is 402 g/mol. The van der Waals surface area contributed by atoms with E-state index in [9.17, 15) is 13.2 Å². The van der Waals surface area contributed by atoms with Crippen LogP contribution >= 0.6 is 0 Å². The average molecular weight is 403 g/mol. The summed E-state index contributed by atoms with van der Waals surface area (Å²) in [4.78, 5) is 13.0. The van der Waals surface area contributed by atoms with Crippen molar-refractivity contribution >= 4 is 27.3 Å². The summed E-state index contributed by atoms with van der Waals surface area (Å²) in [5, 5.41) is 3.01. The molecule has 0 bridgehead atoms. The van der Waals surface area contributed by atoms with E-state index < -0.39 is 16.1 Å². The van der Waals surface area contributed by atoms with Crippen LogP contribution in [0, 0.1) is 6.92 Å². The Balaban J connectivity index is 1.89. The zero-order valence-electron chi connectivity index (χ0n) is 16.6. The van der Waals surface area contributed by atoms with Gasteiger partial charge in [0.15, 0.2) is 6.10 Å². The molecule has 0 aliphatic carbocycles. The molecule has 0 fully saturated rings. The molecule has 0 saturated carbocycles. The molecule has 1 aliphatic heterocycles. The van der Waals surface area contributed by atoms with Crippen molar-refractivity contribution in [3.8, 4) is 5.75 Å². The van der Waals surface area contributed by atoms with Gasteiger partial charge in [-0.25, -0.2) is 8.42 Å². The third-order valence-electron chi connectivity index (χ3n) is 4.87. The fraction of sp³-hybridized carbons (Fsp3) is 0.381. The number of amides is 1. The summed E-state index contributed by atoms with van der Waals surface area (Å²) >= 11 is 0. The third kappa shape index (κ3) is 4.14. The van der Waals surface area contributed by atoms with E-state index in [1.807, 2.05) is 25.1 Å². The fourth-order valence-corrected chi connectivity index (χ4v) is 4.35. The van der Waals surface area contributed by atoms with Crippen LogP contribution in [0.1, 0.15) is 37.3 Å². The largest absolute Gasteiger partial charge is 0.478 e. The standard InChI is InChI=1S/C21H26N2O4S/c1-14(2)16-9-7-8-15(3)20(16)22-21(24)19-12-13-23(28(4,25)26)17-10-5-6-11-18(17)27-19/h5-11,14,19H,12-13H2,1-4H3,(H,22,24)/t19-/m0/s1. The number of rotatable bonds is 4. The van der Waals surface area contributed by atoms with Gasteiger partial charge in [0.1, 0.15) is 5.75 Å². The van der Waals surface area contributed by atoms with E-state index in [0.717, 1.165) is 23.1 Å². The molecule has 7 heteroatoms. The third-order valence-corrected chi connectivity index (χ3v) is 6.05. The normalized spacial score (nSPS) is 16.9. The topological polar surface area (TPSA) is 75.7 Å². The van der Waals surface area contributed by atoms with Crippen molar-refractivity contribution in [1.82, 2.24) is 0 Å². The molecule has 3 rings (SSSR count). The van der Waals surface area contributed by atoms with Gasteiger partial charge in [-0.15, -0.1) is 0 Å². The number of nitrogens with zero attached hydrogens (tertiary/aromatic N) is 1. The molecule has 0 spiro atoms. The van der Waals surface area contributed by atoms with Crippen LogP contribution in [-0.4, -0.2) is 33.2 Å². The first-order valence-corrected chi connectivity index (χ1v) is 11.2. The smallest absolute Gasteiger partial charge is 0.265 e. The second kappa shape index (κ2) is 7.83. The molecule has 1 heterocycles. The number of hydrogen-bond acceptors (Lipinski definition) is 4. The highest BCUT2D eigenvalue weighted by atomic mass is 32.2. The van der Waals surface area contributed by atoms with Crippen LogP contribution < -0.4 is 14.4 Å². The molecule has 0 unspecified atom stereocenters. The number of carbonyl (C=O) groups excluding carboxylic acids is 1. The number of aryl methyl sites for hydroxylation is 1. The first-order valence-electron chi connectivity index (χ1n) is 9.32. The van der Waals surface area contributed by atoms with E-state index in [0.29, 0.717) is 11.4 Å².